The Labute approximate surface area is 153 Å². The molecule has 1 aliphatic heterocycles. The predicted octanol–water partition coefficient (Wildman–Crippen LogP) is 4.17. The number of ether oxygens (including phenoxy) is 1. The van der Waals surface area contributed by atoms with Crippen LogP contribution in [0.15, 0.2) is 12.2 Å². The van der Waals surface area contributed by atoms with Crippen molar-refractivity contribution in [2.45, 2.75) is 75.8 Å². The van der Waals surface area contributed by atoms with E-state index in [0.717, 1.165) is 25.7 Å². The topological polar surface area (TPSA) is 63.2 Å². The summed E-state index contributed by atoms with van der Waals surface area (Å²) in [5, 5.41) is 0. The fourth-order valence-electron chi connectivity index (χ4n) is 3.57. The molecule has 0 aromatic rings. The van der Waals surface area contributed by atoms with Gasteiger partial charge in [0, 0.05) is 31.6 Å². The molecule has 6 nitrogen and oxygen atoms in total. The van der Waals surface area contributed by atoms with Gasteiger partial charge in [0.1, 0.15) is 0 Å². The number of alkyl halides is 1. The average molecular weight is 375 g/mol. The van der Waals surface area contributed by atoms with E-state index in [0.29, 0.717) is 44.6 Å². The summed E-state index contributed by atoms with van der Waals surface area (Å²) in [5.74, 6) is -1.43. The largest absolute Gasteiger partial charge is 0.465 e. The van der Waals surface area contributed by atoms with Crippen LogP contribution in [0.25, 0.3) is 0 Å². The molecular weight excluding hydrogens is 348 g/mol. The Morgan fingerprint density at radius 1 is 0.960 bits per heavy atom. The molecule has 0 N–H and O–H groups in total. The number of hydrogen-bond donors (Lipinski definition) is 0. The third-order valence-electron chi connectivity index (χ3n) is 5.17. The molecule has 2 aliphatic carbocycles. The van der Waals surface area contributed by atoms with Crippen LogP contribution in [0.1, 0.15) is 64.2 Å². The summed E-state index contributed by atoms with van der Waals surface area (Å²) in [5.41, 5.74) is 0. The van der Waals surface area contributed by atoms with E-state index in [9.17, 15) is 4.79 Å². The molecule has 3 fully saturated rings. The SMILES string of the molecule is O=C(OCC/C=C/CCl)C1CCC2(CC1)OOC1(CCCCC1)OO2. The van der Waals surface area contributed by atoms with Crippen molar-refractivity contribution in [1.29, 1.82) is 0 Å². The van der Waals surface area contributed by atoms with E-state index in [-0.39, 0.29) is 11.9 Å². The average Bonchev–Trinajstić information content (AvgIpc) is 2.66. The molecule has 3 rings (SSSR count). The highest BCUT2D eigenvalue weighted by Gasteiger charge is 2.51. The molecular formula is C18H27ClO6. The Morgan fingerprint density at radius 2 is 1.56 bits per heavy atom. The van der Waals surface area contributed by atoms with Crippen LogP contribution in [-0.2, 0) is 29.1 Å². The summed E-state index contributed by atoms with van der Waals surface area (Å²) in [4.78, 5) is 34.6. The van der Waals surface area contributed by atoms with Crippen molar-refractivity contribution in [3.05, 3.63) is 12.2 Å². The Bertz CT molecular complexity index is 454. The second kappa shape index (κ2) is 8.82. The number of hydrogen-bond acceptors (Lipinski definition) is 6. The van der Waals surface area contributed by atoms with Crippen LogP contribution in [0.4, 0.5) is 0 Å². The molecule has 0 bridgehead atoms. The second-order valence-corrected chi connectivity index (χ2v) is 7.38. The lowest BCUT2D eigenvalue weighted by molar-refractivity contribution is -0.662. The normalized spacial score (nSPS) is 26.3. The zero-order valence-electron chi connectivity index (χ0n) is 14.5. The molecule has 0 unspecified atom stereocenters. The van der Waals surface area contributed by atoms with Crippen LogP contribution in [0.2, 0.25) is 0 Å². The Morgan fingerprint density at radius 3 is 2.16 bits per heavy atom. The van der Waals surface area contributed by atoms with Crippen LogP contribution >= 0.6 is 11.6 Å². The molecule has 0 atom stereocenters. The number of esters is 1. The van der Waals surface area contributed by atoms with Gasteiger partial charge < -0.3 is 4.74 Å². The van der Waals surface area contributed by atoms with Crippen LogP contribution in [0, 0.1) is 5.92 Å². The van der Waals surface area contributed by atoms with Crippen molar-refractivity contribution in [1.82, 2.24) is 0 Å². The van der Waals surface area contributed by atoms with Gasteiger partial charge in [0.15, 0.2) is 0 Å². The van der Waals surface area contributed by atoms with Gasteiger partial charge >= 0.3 is 5.97 Å². The smallest absolute Gasteiger partial charge is 0.308 e. The van der Waals surface area contributed by atoms with Crippen LogP contribution in [-0.4, -0.2) is 30.0 Å². The van der Waals surface area contributed by atoms with Gasteiger partial charge in [-0.1, -0.05) is 18.6 Å². The minimum absolute atomic E-state index is 0.125. The molecule has 2 saturated carbocycles. The fourth-order valence-corrected chi connectivity index (χ4v) is 3.70. The molecule has 1 heterocycles. The summed E-state index contributed by atoms with van der Waals surface area (Å²) < 4.78 is 5.32. The number of allylic oxidation sites excluding steroid dienone is 1. The lowest BCUT2D eigenvalue weighted by atomic mass is 9.85. The molecule has 7 heteroatoms. The standard InChI is InChI=1S/C18H27ClO6/c19-13-5-2-6-14-21-16(20)15-7-11-18(12-8-15)24-22-17(23-25-18)9-3-1-4-10-17/h2,5,15H,1,3-4,6-14H2/b5-2+. The minimum Gasteiger partial charge on any atom is -0.465 e. The molecule has 0 aromatic carbocycles. The number of carbonyl (C=O) groups is 1. The summed E-state index contributed by atoms with van der Waals surface area (Å²) in [7, 11) is 0. The van der Waals surface area contributed by atoms with Crippen molar-refractivity contribution < 1.29 is 29.1 Å². The van der Waals surface area contributed by atoms with Crippen molar-refractivity contribution in [3.63, 3.8) is 0 Å². The van der Waals surface area contributed by atoms with Crippen molar-refractivity contribution in [3.8, 4) is 0 Å². The monoisotopic (exact) mass is 374 g/mol. The number of rotatable bonds is 5. The quantitative estimate of drug-likeness (QED) is 0.236. The molecule has 142 valence electrons. The van der Waals surface area contributed by atoms with E-state index in [1.807, 2.05) is 12.2 Å². The van der Waals surface area contributed by atoms with Gasteiger partial charge in [-0.05, 0) is 32.1 Å². The highest BCUT2D eigenvalue weighted by molar-refractivity contribution is 6.18. The number of halogens is 1. The van der Waals surface area contributed by atoms with Gasteiger partial charge in [0.25, 0.3) is 0 Å². The highest BCUT2D eigenvalue weighted by atomic mass is 35.5. The maximum atomic E-state index is 12.1. The van der Waals surface area contributed by atoms with Crippen LogP contribution in [0.5, 0.6) is 0 Å². The van der Waals surface area contributed by atoms with Gasteiger partial charge in [-0.25, -0.2) is 0 Å². The first kappa shape index (κ1) is 19.1. The zero-order chi connectivity index (χ0) is 17.6. The second-order valence-electron chi connectivity index (χ2n) is 7.07. The molecule has 0 amide bonds. The Hall–Kier alpha value is -0.660. The zero-order valence-corrected chi connectivity index (χ0v) is 15.3. The number of carbonyl (C=O) groups excluding carboxylic acids is 1. The molecule has 0 aromatic heterocycles. The van der Waals surface area contributed by atoms with Crippen molar-refractivity contribution >= 4 is 17.6 Å². The minimum atomic E-state index is -0.886. The van der Waals surface area contributed by atoms with E-state index in [4.69, 9.17) is 35.9 Å². The van der Waals surface area contributed by atoms with E-state index in [1.54, 1.807) is 0 Å². The van der Waals surface area contributed by atoms with E-state index in [2.05, 4.69) is 0 Å². The van der Waals surface area contributed by atoms with E-state index >= 15 is 0 Å². The molecule has 2 spiro atoms. The van der Waals surface area contributed by atoms with Crippen molar-refractivity contribution in [2.75, 3.05) is 12.5 Å². The lowest BCUT2D eigenvalue weighted by Gasteiger charge is -2.46. The van der Waals surface area contributed by atoms with Crippen molar-refractivity contribution in [2.24, 2.45) is 5.92 Å². The Kier molecular flexibility index (Phi) is 6.74. The fraction of sp³-hybridized carbons (Fsp3) is 0.833. The lowest BCUT2D eigenvalue weighted by Crippen LogP contribution is -2.53. The first-order valence-corrected chi connectivity index (χ1v) is 9.82. The summed E-state index contributed by atoms with van der Waals surface area (Å²) >= 11 is 5.54. The third kappa shape index (κ3) is 4.95. The Balaban J connectivity index is 1.40. The van der Waals surface area contributed by atoms with Gasteiger partial charge in [-0.15, -0.1) is 11.6 Å². The first-order chi connectivity index (χ1) is 12.2. The summed E-state index contributed by atoms with van der Waals surface area (Å²) in [6, 6.07) is 0. The molecule has 1 saturated heterocycles. The van der Waals surface area contributed by atoms with Gasteiger partial charge in [0.05, 0.1) is 12.5 Å². The third-order valence-corrected chi connectivity index (χ3v) is 5.35. The predicted molar refractivity (Wildman–Crippen MR) is 90.3 cm³/mol. The van der Waals surface area contributed by atoms with E-state index in [1.165, 1.54) is 6.42 Å². The van der Waals surface area contributed by atoms with Gasteiger partial charge in [-0.3, -0.25) is 4.79 Å². The summed E-state index contributed by atoms with van der Waals surface area (Å²) in [6.07, 6.45) is 11.7. The maximum Gasteiger partial charge on any atom is 0.308 e. The van der Waals surface area contributed by atoms with Crippen LogP contribution < -0.4 is 0 Å². The van der Waals surface area contributed by atoms with Gasteiger partial charge in [-0.2, -0.15) is 19.6 Å². The van der Waals surface area contributed by atoms with E-state index < -0.39 is 11.6 Å². The molecule has 25 heavy (non-hydrogen) atoms. The highest BCUT2D eigenvalue weighted by Crippen LogP contribution is 2.45. The van der Waals surface area contributed by atoms with Gasteiger partial charge in [0.2, 0.25) is 11.6 Å². The maximum absolute atomic E-state index is 12.1. The molecule has 3 aliphatic rings. The first-order valence-electron chi connectivity index (χ1n) is 9.28. The molecule has 0 radical (unpaired) electrons. The summed E-state index contributed by atoms with van der Waals surface area (Å²) in [6.45, 7) is 0.385. The van der Waals surface area contributed by atoms with Crippen LogP contribution in [0.3, 0.4) is 0 Å².